The molecule has 0 atom stereocenters. The number of nitrogens with zero attached hydrogens (tertiary/aromatic N) is 2. The third-order valence-electron chi connectivity index (χ3n) is 4.84. The highest BCUT2D eigenvalue weighted by atomic mass is 127. The lowest BCUT2D eigenvalue weighted by Gasteiger charge is -2.30. The minimum absolute atomic E-state index is 0. The van der Waals surface area contributed by atoms with Crippen molar-refractivity contribution in [2.24, 2.45) is 4.99 Å². The van der Waals surface area contributed by atoms with Crippen LogP contribution >= 0.6 is 24.0 Å². The Morgan fingerprint density at radius 2 is 1.83 bits per heavy atom. The number of aliphatic imine (C=N–C) groups is 1. The van der Waals surface area contributed by atoms with Crippen molar-refractivity contribution < 1.29 is 4.79 Å². The van der Waals surface area contributed by atoms with Gasteiger partial charge in [-0.25, -0.2) is 4.99 Å². The molecule has 154 valence electrons. The van der Waals surface area contributed by atoms with Crippen molar-refractivity contribution in [3.8, 4) is 0 Å². The van der Waals surface area contributed by atoms with Crippen molar-refractivity contribution in [3.63, 3.8) is 0 Å². The van der Waals surface area contributed by atoms with Gasteiger partial charge in [0.2, 0.25) is 0 Å². The second kappa shape index (κ2) is 11.6. The van der Waals surface area contributed by atoms with E-state index >= 15 is 0 Å². The van der Waals surface area contributed by atoms with Crippen LogP contribution in [-0.4, -0.2) is 43.4 Å². The highest BCUT2D eigenvalue weighted by molar-refractivity contribution is 14.0. The Morgan fingerprint density at radius 3 is 2.41 bits per heavy atom. The minimum Gasteiger partial charge on any atom is -0.356 e. The Hall–Kier alpha value is -2.35. The van der Waals surface area contributed by atoms with E-state index < -0.39 is 0 Å². The molecule has 3 rings (SSSR count). The SMILES string of the molecule is CCNC(=NCc1ccc(C(=O)NC)cc1)N1CC=C(c2ccccc2)CC1.I. The lowest BCUT2D eigenvalue weighted by atomic mass is 10.00. The molecule has 6 heteroatoms. The van der Waals surface area contributed by atoms with Crippen LogP contribution in [0.4, 0.5) is 0 Å². The highest BCUT2D eigenvalue weighted by Gasteiger charge is 2.16. The molecule has 1 heterocycles. The molecule has 0 saturated carbocycles. The standard InChI is InChI=1S/C23H28N4O.HI/c1-3-25-23(26-17-18-9-11-21(12-10-18)22(28)24-2)27-15-13-20(14-16-27)19-7-5-4-6-8-19;/h4-13H,3,14-17H2,1-2H3,(H,24,28)(H,25,26);1H. The normalized spacial score (nSPS) is 13.9. The molecule has 29 heavy (non-hydrogen) atoms. The van der Waals surface area contributed by atoms with Gasteiger partial charge < -0.3 is 15.5 Å². The number of carbonyl (C=O) groups excluding carboxylic acids is 1. The van der Waals surface area contributed by atoms with Gasteiger partial charge in [0.1, 0.15) is 0 Å². The number of rotatable bonds is 5. The summed E-state index contributed by atoms with van der Waals surface area (Å²) in [5, 5.41) is 6.04. The van der Waals surface area contributed by atoms with Crippen LogP contribution in [0.3, 0.4) is 0 Å². The molecular weight excluding hydrogens is 475 g/mol. The summed E-state index contributed by atoms with van der Waals surface area (Å²) in [4.78, 5) is 18.7. The summed E-state index contributed by atoms with van der Waals surface area (Å²) in [6.45, 7) is 5.30. The first kappa shape index (κ1) is 22.9. The first-order chi connectivity index (χ1) is 13.7. The fourth-order valence-corrected chi connectivity index (χ4v) is 3.27. The Balaban J connectivity index is 0.00000300. The van der Waals surface area contributed by atoms with E-state index in [4.69, 9.17) is 4.99 Å². The van der Waals surface area contributed by atoms with E-state index in [1.54, 1.807) is 7.05 Å². The molecule has 0 fully saturated rings. The van der Waals surface area contributed by atoms with Gasteiger partial charge in [0.15, 0.2) is 5.96 Å². The van der Waals surface area contributed by atoms with Gasteiger partial charge in [-0.2, -0.15) is 0 Å². The van der Waals surface area contributed by atoms with Crippen molar-refractivity contribution in [1.82, 2.24) is 15.5 Å². The van der Waals surface area contributed by atoms with Gasteiger partial charge in [-0.05, 0) is 42.2 Å². The molecule has 1 amide bonds. The summed E-state index contributed by atoms with van der Waals surface area (Å²) in [7, 11) is 1.64. The predicted molar refractivity (Wildman–Crippen MR) is 131 cm³/mol. The summed E-state index contributed by atoms with van der Waals surface area (Å²) < 4.78 is 0. The molecule has 1 aliphatic rings. The summed E-state index contributed by atoms with van der Waals surface area (Å²) in [6, 6.07) is 18.2. The zero-order valence-corrected chi connectivity index (χ0v) is 19.4. The maximum atomic E-state index is 11.7. The quantitative estimate of drug-likeness (QED) is 0.369. The number of amides is 1. The van der Waals surface area contributed by atoms with Crippen molar-refractivity contribution in [3.05, 3.63) is 77.4 Å². The molecule has 2 N–H and O–H groups in total. The first-order valence-corrected chi connectivity index (χ1v) is 9.80. The summed E-state index contributed by atoms with van der Waals surface area (Å²) in [5.41, 5.74) is 4.45. The molecule has 1 aliphatic heterocycles. The molecule has 5 nitrogen and oxygen atoms in total. The van der Waals surface area contributed by atoms with Gasteiger partial charge in [0.05, 0.1) is 6.54 Å². The van der Waals surface area contributed by atoms with Crippen LogP contribution in [0.15, 0.2) is 65.7 Å². The van der Waals surface area contributed by atoms with Gasteiger partial charge in [0, 0.05) is 32.2 Å². The van der Waals surface area contributed by atoms with E-state index in [-0.39, 0.29) is 29.9 Å². The van der Waals surface area contributed by atoms with Crippen LogP contribution in [0.2, 0.25) is 0 Å². The summed E-state index contributed by atoms with van der Waals surface area (Å²) in [5.74, 6) is 0.860. The molecular formula is C23H29IN4O. The van der Waals surface area contributed by atoms with Gasteiger partial charge in [-0.15, -0.1) is 24.0 Å². The molecule has 0 aromatic heterocycles. The molecule has 0 spiro atoms. The van der Waals surface area contributed by atoms with Crippen LogP contribution in [0, 0.1) is 0 Å². The molecule has 0 unspecified atom stereocenters. The Labute approximate surface area is 190 Å². The van der Waals surface area contributed by atoms with Gasteiger partial charge in [0.25, 0.3) is 5.91 Å². The lowest BCUT2D eigenvalue weighted by molar-refractivity contribution is 0.0963. The Kier molecular flexibility index (Phi) is 9.18. The summed E-state index contributed by atoms with van der Waals surface area (Å²) in [6.07, 6.45) is 3.30. The van der Waals surface area contributed by atoms with E-state index in [9.17, 15) is 4.79 Å². The number of benzene rings is 2. The Morgan fingerprint density at radius 1 is 1.10 bits per heavy atom. The zero-order chi connectivity index (χ0) is 19.8. The topological polar surface area (TPSA) is 56.7 Å². The number of hydrogen-bond donors (Lipinski definition) is 2. The number of halogens is 1. The monoisotopic (exact) mass is 504 g/mol. The summed E-state index contributed by atoms with van der Waals surface area (Å²) >= 11 is 0. The number of guanidine groups is 1. The van der Waals surface area contributed by atoms with Crippen LogP contribution in [-0.2, 0) is 6.54 Å². The third-order valence-corrected chi connectivity index (χ3v) is 4.84. The predicted octanol–water partition coefficient (Wildman–Crippen LogP) is 3.92. The van der Waals surface area contributed by atoms with Gasteiger partial charge in [-0.3, -0.25) is 4.79 Å². The van der Waals surface area contributed by atoms with Crippen molar-refractivity contribution in [1.29, 1.82) is 0 Å². The number of nitrogens with one attached hydrogen (secondary N) is 2. The van der Waals surface area contributed by atoms with Crippen LogP contribution in [0.25, 0.3) is 5.57 Å². The minimum atomic E-state index is -0.0716. The lowest BCUT2D eigenvalue weighted by Crippen LogP contribution is -2.43. The zero-order valence-electron chi connectivity index (χ0n) is 17.0. The van der Waals surface area contributed by atoms with Crippen LogP contribution in [0.5, 0.6) is 0 Å². The molecule has 0 aliphatic carbocycles. The second-order valence-electron chi connectivity index (χ2n) is 6.74. The maximum absolute atomic E-state index is 11.7. The smallest absolute Gasteiger partial charge is 0.251 e. The van der Waals surface area contributed by atoms with E-state index in [0.29, 0.717) is 12.1 Å². The number of carbonyl (C=O) groups is 1. The van der Waals surface area contributed by atoms with Crippen molar-refractivity contribution in [2.75, 3.05) is 26.7 Å². The average molecular weight is 504 g/mol. The fourth-order valence-electron chi connectivity index (χ4n) is 3.27. The largest absolute Gasteiger partial charge is 0.356 e. The van der Waals surface area contributed by atoms with E-state index in [1.165, 1.54) is 11.1 Å². The molecule has 2 aromatic rings. The van der Waals surface area contributed by atoms with E-state index in [2.05, 4.69) is 58.9 Å². The van der Waals surface area contributed by atoms with Crippen LogP contribution < -0.4 is 10.6 Å². The number of hydrogen-bond acceptors (Lipinski definition) is 2. The van der Waals surface area contributed by atoms with E-state index in [0.717, 1.165) is 37.6 Å². The van der Waals surface area contributed by atoms with Gasteiger partial charge >= 0.3 is 0 Å². The van der Waals surface area contributed by atoms with Gasteiger partial charge in [-0.1, -0.05) is 48.5 Å². The maximum Gasteiger partial charge on any atom is 0.251 e. The first-order valence-electron chi connectivity index (χ1n) is 9.80. The molecule has 2 aromatic carbocycles. The van der Waals surface area contributed by atoms with E-state index in [1.807, 2.05) is 24.3 Å². The second-order valence-corrected chi connectivity index (χ2v) is 6.74. The highest BCUT2D eigenvalue weighted by Crippen LogP contribution is 2.22. The van der Waals surface area contributed by atoms with Crippen molar-refractivity contribution >= 4 is 41.4 Å². The van der Waals surface area contributed by atoms with Crippen LogP contribution in [0.1, 0.15) is 34.8 Å². The third kappa shape index (κ3) is 6.32. The fraction of sp³-hybridized carbons (Fsp3) is 0.304. The molecule has 0 bridgehead atoms. The van der Waals surface area contributed by atoms with Crippen molar-refractivity contribution in [2.45, 2.75) is 19.9 Å². The average Bonchev–Trinajstić information content (AvgIpc) is 2.77. The molecule has 0 radical (unpaired) electrons. The molecule has 0 saturated heterocycles. The Bertz CT molecular complexity index is 847.